The molecule has 1 spiro atoms. The van der Waals surface area contributed by atoms with Crippen LogP contribution in [0.2, 0.25) is 0 Å². The number of rotatable bonds is 4. The molecule has 100 valence electrons. The van der Waals surface area contributed by atoms with Gasteiger partial charge >= 0.3 is 0 Å². The lowest BCUT2D eigenvalue weighted by Crippen LogP contribution is -2.51. The van der Waals surface area contributed by atoms with Crippen LogP contribution in [0.15, 0.2) is 4.52 Å². The first-order valence-corrected chi connectivity index (χ1v) is 6.92. The van der Waals surface area contributed by atoms with Gasteiger partial charge in [-0.3, -0.25) is 0 Å². The summed E-state index contributed by atoms with van der Waals surface area (Å²) in [6, 6.07) is 0.590. The first kappa shape index (κ1) is 12.1. The quantitative estimate of drug-likeness (QED) is 0.881. The van der Waals surface area contributed by atoms with E-state index in [1.807, 2.05) is 6.92 Å². The maximum Gasteiger partial charge on any atom is 0.223 e. The normalized spacial score (nSPS) is 26.2. The van der Waals surface area contributed by atoms with Crippen LogP contribution in [0.3, 0.4) is 0 Å². The van der Waals surface area contributed by atoms with Gasteiger partial charge in [-0.05, 0) is 32.1 Å². The number of nitrogens with one attached hydrogen (secondary N) is 1. The van der Waals surface area contributed by atoms with Crippen LogP contribution in [-0.4, -0.2) is 34.9 Å². The molecule has 1 N–H and O–H groups in total. The lowest BCUT2D eigenvalue weighted by Gasteiger charge is -2.47. The second kappa shape index (κ2) is 4.97. The van der Waals surface area contributed by atoms with Crippen LogP contribution >= 0.6 is 0 Å². The minimum absolute atomic E-state index is 0.221. The molecule has 0 amide bonds. The van der Waals surface area contributed by atoms with E-state index in [4.69, 9.17) is 9.26 Å². The fraction of sp³-hybridized carbons (Fsp3) is 0.846. The molecule has 1 saturated heterocycles. The molecule has 2 heterocycles. The average molecular weight is 251 g/mol. The molecule has 2 fully saturated rings. The lowest BCUT2D eigenvalue weighted by molar-refractivity contribution is -0.135. The van der Waals surface area contributed by atoms with Gasteiger partial charge < -0.3 is 14.6 Å². The second-order valence-electron chi connectivity index (χ2n) is 5.51. The fourth-order valence-corrected chi connectivity index (χ4v) is 2.95. The Bertz CT molecular complexity index is 401. The molecule has 1 aliphatic heterocycles. The summed E-state index contributed by atoms with van der Waals surface area (Å²) in [5.41, 5.74) is 0.221. The van der Waals surface area contributed by atoms with E-state index < -0.39 is 0 Å². The predicted octanol–water partition coefficient (Wildman–Crippen LogP) is 1.61. The van der Waals surface area contributed by atoms with Crippen molar-refractivity contribution in [2.24, 2.45) is 0 Å². The number of ether oxygens (including phenoxy) is 1. The molecule has 1 aliphatic carbocycles. The molecule has 1 unspecified atom stereocenters. The Morgan fingerprint density at radius 3 is 3.00 bits per heavy atom. The molecule has 1 atom stereocenters. The molecule has 2 aliphatic rings. The van der Waals surface area contributed by atoms with E-state index in [-0.39, 0.29) is 5.60 Å². The van der Waals surface area contributed by atoms with Crippen LogP contribution in [0, 0.1) is 6.92 Å². The first-order valence-electron chi connectivity index (χ1n) is 6.92. The highest BCUT2D eigenvalue weighted by Gasteiger charge is 2.42. The molecule has 3 rings (SSSR count). The van der Waals surface area contributed by atoms with Gasteiger partial charge in [0.2, 0.25) is 5.89 Å². The Morgan fingerprint density at radius 1 is 1.44 bits per heavy atom. The number of aromatic nitrogens is 2. The fourth-order valence-electron chi connectivity index (χ4n) is 2.95. The Balaban J connectivity index is 1.43. The molecule has 0 radical (unpaired) electrons. The van der Waals surface area contributed by atoms with Gasteiger partial charge in [0.05, 0.1) is 5.60 Å². The van der Waals surface area contributed by atoms with E-state index in [2.05, 4.69) is 15.5 Å². The minimum Gasteiger partial charge on any atom is -0.375 e. The zero-order valence-corrected chi connectivity index (χ0v) is 10.9. The van der Waals surface area contributed by atoms with Gasteiger partial charge in [0, 0.05) is 32.5 Å². The van der Waals surface area contributed by atoms with E-state index in [0.29, 0.717) is 11.9 Å². The molecule has 1 aromatic heterocycles. The third-order valence-corrected chi connectivity index (χ3v) is 4.11. The van der Waals surface area contributed by atoms with Crippen molar-refractivity contribution in [2.75, 3.05) is 13.2 Å². The van der Waals surface area contributed by atoms with Crippen molar-refractivity contribution < 1.29 is 9.26 Å². The molecule has 1 saturated carbocycles. The van der Waals surface area contributed by atoms with Crippen molar-refractivity contribution in [3.05, 3.63) is 11.7 Å². The van der Waals surface area contributed by atoms with Crippen molar-refractivity contribution in [1.29, 1.82) is 0 Å². The summed E-state index contributed by atoms with van der Waals surface area (Å²) in [6.45, 7) is 3.64. The van der Waals surface area contributed by atoms with Gasteiger partial charge in [-0.15, -0.1) is 0 Å². The van der Waals surface area contributed by atoms with Crippen LogP contribution in [0.1, 0.15) is 43.8 Å². The van der Waals surface area contributed by atoms with Gasteiger partial charge in [-0.25, -0.2) is 0 Å². The van der Waals surface area contributed by atoms with E-state index in [1.54, 1.807) is 0 Å². The van der Waals surface area contributed by atoms with Crippen molar-refractivity contribution >= 4 is 0 Å². The zero-order valence-electron chi connectivity index (χ0n) is 10.9. The molecule has 5 nitrogen and oxygen atoms in total. The maximum absolute atomic E-state index is 5.92. The standard InChI is InChI=1S/C13H21N3O2/c1-10-15-12(16-18-10)3-7-14-11-4-8-17-13(9-11)5-2-6-13/h11,14H,2-9H2,1H3. The molecule has 1 aromatic rings. The van der Waals surface area contributed by atoms with Gasteiger partial charge in [-0.2, -0.15) is 4.98 Å². The zero-order chi connectivity index (χ0) is 12.4. The SMILES string of the molecule is Cc1nc(CCNC2CCOC3(CCC3)C2)no1. The van der Waals surface area contributed by atoms with E-state index >= 15 is 0 Å². The molecule has 0 aromatic carbocycles. The summed E-state index contributed by atoms with van der Waals surface area (Å²) in [6.07, 6.45) is 6.94. The Kier molecular flexibility index (Phi) is 3.35. The van der Waals surface area contributed by atoms with Gasteiger partial charge in [0.15, 0.2) is 5.82 Å². The summed E-state index contributed by atoms with van der Waals surface area (Å²) in [5.74, 6) is 1.44. The summed E-state index contributed by atoms with van der Waals surface area (Å²) in [5, 5.41) is 7.50. The molecular formula is C13H21N3O2. The minimum atomic E-state index is 0.221. The number of aryl methyl sites for hydroxylation is 1. The summed E-state index contributed by atoms with van der Waals surface area (Å²) in [7, 11) is 0. The highest BCUT2D eigenvalue weighted by Crippen LogP contribution is 2.42. The number of nitrogens with zero attached hydrogens (tertiary/aromatic N) is 2. The van der Waals surface area contributed by atoms with Gasteiger partial charge in [-0.1, -0.05) is 5.16 Å². The number of hydrogen-bond acceptors (Lipinski definition) is 5. The van der Waals surface area contributed by atoms with Crippen molar-refractivity contribution in [2.45, 2.75) is 57.1 Å². The van der Waals surface area contributed by atoms with Crippen LogP contribution in [0.25, 0.3) is 0 Å². The van der Waals surface area contributed by atoms with Crippen molar-refractivity contribution in [3.63, 3.8) is 0 Å². The Hall–Kier alpha value is -0.940. The lowest BCUT2D eigenvalue weighted by atomic mass is 9.74. The topological polar surface area (TPSA) is 60.2 Å². The first-order chi connectivity index (χ1) is 8.76. The Morgan fingerprint density at radius 2 is 2.33 bits per heavy atom. The average Bonchev–Trinajstić information content (AvgIpc) is 2.74. The van der Waals surface area contributed by atoms with Crippen LogP contribution in [-0.2, 0) is 11.2 Å². The molecule has 0 bridgehead atoms. The Labute approximate surface area is 107 Å². The van der Waals surface area contributed by atoms with E-state index in [0.717, 1.165) is 38.2 Å². The third kappa shape index (κ3) is 2.57. The molecule has 5 heteroatoms. The van der Waals surface area contributed by atoms with Crippen LogP contribution in [0.5, 0.6) is 0 Å². The van der Waals surface area contributed by atoms with E-state index in [1.165, 1.54) is 19.3 Å². The smallest absolute Gasteiger partial charge is 0.223 e. The largest absolute Gasteiger partial charge is 0.375 e. The van der Waals surface area contributed by atoms with Crippen LogP contribution in [0.4, 0.5) is 0 Å². The highest BCUT2D eigenvalue weighted by molar-refractivity contribution is 4.96. The summed E-state index contributed by atoms with van der Waals surface area (Å²) >= 11 is 0. The highest BCUT2D eigenvalue weighted by atomic mass is 16.5. The summed E-state index contributed by atoms with van der Waals surface area (Å²) in [4.78, 5) is 4.21. The van der Waals surface area contributed by atoms with Gasteiger partial charge in [0.25, 0.3) is 0 Å². The monoisotopic (exact) mass is 251 g/mol. The van der Waals surface area contributed by atoms with E-state index in [9.17, 15) is 0 Å². The molecular weight excluding hydrogens is 230 g/mol. The predicted molar refractivity (Wildman–Crippen MR) is 66.3 cm³/mol. The molecule has 18 heavy (non-hydrogen) atoms. The van der Waals surface area contributed by atoms with Gasteiger partial charge in [0.1, 0.15) is 0 Å². The maximum atomic E-state index is 5.92. The second-order valence-corrected chi connectivity index (χ2v) is 5.51. The van der Waals surface area contributed by atoms with Crippen LogP contribution < -0.4 is 5.32 Å². The van der Waals surface area contributed by atoms with Crippen molar-refractivity contribution in [3.8, 4) is 0 Å². The third-order valence-electron chi connectivity index (χ3n) is 4.11. The number of hydrogen-bond donors (Lipinski definition) is 1. The summed E-state index contributed by atoms with van der Waals surface area (Å²) < 4.78 is 10.9. The van der Waals surface area contributed by atoms with Crippen molar-refractivity contribution in [1.82, 2.24) is 15.5 Å².